The smallest absolute Gasteiger partial charge is 0.251 e. The van der Waals surface area contributed by atoms with Crippen LogP contribution < -0.4 is 4.90 Å². The average Bonchev–Trinajstić information content (AvgIpc) is 3.10. The summed E-state index contributed by atoms with van der Waals surface area (Å²) >= 11 is 1.59. The highest BCUT2D eigenvalue weighted by atomic mass is 32.1. The first kappa shape index (κ1) is 16.6. The zero-order valence-corrected chi connectivity index (χ0v) is 14.6. The normalized spacial score (nSPS) is 21.7. The lowest BCUT2D eigenvalue weighted by Crippen LogP contribution is -2.47. The Labute approximate surface area is 148 Å². The molecule has 4 heterocycles. The maximum Gasteiger partial charge on any atom is 0.251 e. The van der Waals surface area contributed by atoms with Gasteiger partial charge in [-0.25, -0.2) is 18.7 Å². The van der Waals surface area contributed by atoms with E-state index in [4.69, 9.17) is 0 Å². The van der Waals surface area contributed by atoms with Gasteiger partial charge in [0.25, 0.3) is 5.92 Å². The van der Waals surface area contributed by atoms with Crippen molar-refractivity contribution in [3.05, 3.63) is 17.8 Å². The zero-order valence-electron chi connectivity index (χ0n) is 13.8. The molecule has 0 aromatic carbocycles. The van der Waals surface area contributed by atoms with E-state index in [1.807, 2.05) is 11.4 Å². The SMILES string of the molecule is O=C(C1CCN(c2ncnc3sccc23)CC1)N1CCC(F)(F)CC1. The molecule has 2 aliphatic heterocycles. The average molecular weight is 366 g/mol. The summed E-state index contributed by atoms with van der Waals surface area (Å²) in [5.74, 6) is -1.71. The molecule has 4 rings (SSSR count). The lowest BCUT2D eigenvalue weighted by Gasteiger charge is -2.37. The van der Waals surface area contributed by atoms with Crippen LogP contribution in [0.4, 0.5) is 14.6 Å². The van der Waals surface area contributed by atoms with Crippen molar-refractivity contribution in [1.82, 2.24) is 14.9 Å². The van der Waals surface area contributed by atoms with Gasteiger partial charge in [0.05, 0.1) is 5.39 Å². The maximum absolute atomic E-state index is 13.3. The summed E-state index contributed by atoms with van der Waals surface area (Å²) in [5.41, 5.74) is 0. The van der Waals surface area contributed by atoms with Crippen LogP contribution in [0.1, 0.15) is 25.7 Å². The van der Waals surface area contributed by atoms with Crippen LogP contribution >= 0.6 is 11.3 Å². The molecule has 134 valence electrons. The molecule has 0 bridgehead atoms. The van der Waals surface area contributed by atoms with E-state index < -0.39 is 5.92 Å². The quantitative estimate of drug-likeness (QED) is 0.819. The molecule has 2 aromatic heterocycles. The predicted octanol–water partition coefficient (Wildman–Crippen LogP) is 3.17. The first-order chi connectivity index (χ1) is 12.0. The summed E-state index contributed by atoms with van der Waals surface area (Å²) in [6.07, 6.45) is 2.63. The molecule has 5 nitrogen and oxygen atoms in total. The Kier molecular flexibility index (Phi) is 4.31. The number of thiophene rings is 1. The van der Waals surface area contributed by atoms with E-state index in [0.717, 1.165) is 42.0 Å². The maximum atomic E-state index is 13.3. The molecule has 2 aliphatic rings. The number of aromatic nitrogens is 2. The number of anilines is 1. The van der Waals surface area contributed by atoms with Gasteiger partial charge in [-0.3, -0.25) is 4.79 Å². The van der Waals surface area contributed by atoms with Gasteiger partial charge >= 0.3 is 0 Å². The third kappa shape index (κ3) is 3.31. The van der Waals surface area contributed by atoms with Crippen molar-refractivity contribution < 1.29 is 13.6 Å². The van der Waals surface area contributed by atoms with E-state index >= 15 is 0 Å². The Bertz CT molecular complexity index is 763. The number of alkyl halides is 2. The number of carbonyl (C=O) groups is 1. The fourth-order valence-electron chi connectivity index (χ4n) is 3.68. The van der Waals surface area contributed by atoms with Gasteiger partial charge in [0.15, 0.2) is 0 Å². The number of halogens is 2. The van der Waals surface area contributed by atoms with E-state index in [2.05, 4.69) is 14.9 Å². The molecule has 2 fully saturated rings. The Morgan fingerprint density at radius 1 is 1.16 bits per heavy atom. The molecule has 2 saturated heterocycles. The Morgan fingerprint density at radius 3 is 2.60 bits per heavy atom. The highest BCUT2D eigenvalue weighted by Crippen LogP contribution is 2.32. The number of hydrogen-bond acceptors (Lipinski definition) is 5. The number of rotatable bonds is 2. The van der Waals surface area contributed by atoms with Gasteiger partial charge in [-0.1, -0.05) is 0 Å². The summed E-state index contributed by atoms with van der Waals surface area (Å²) < 4.78 is 26.5. The van der Waals surface area contributed by atoms with Gasteiger partial charge in [0, 0.05) is 44.9 Å². The first-order valence-corrected chi connectivity index (χ1v) is 9.51. The lowest BCUT2D eigenvalue weighted by molar-refractivity contribution is -0.142. The number of likely N-dealkylation sites (tertiary alicyclic amines) is 1. The minimum Gasteiger partial charge on any atom is -0.356 e. The molecule has 2 aromatic rings. The summed E-state index contributed by atoms with van der Waals surface area (Å²) in [7, 11) is 0. The van der Waals surface area contributed by atoms with Crippen LogP contribution in [0.3, 0.4) is 0 Å². The molecule has 1 amide bonds. The lowest BCUT2D eigenvalue weighted by atomic mass is 9.94. The van der Waals surface area contributed by atoms with Crippen LogP contribution in [0, 0.1) is 5.92 Å². The minimum atomic E-state index is -2.61. The van der Waals surface area contributed by atoms with Crippen molar-refractivity contribution in [2.45, 2.75) is 31.6 Å². The van der Waals surface area contributed by atoms with Gasteiger partial charge in [-0.05, 0) is 24.3 Å². The van der Waals surface area contributed by atoms with Crippen molar-refractivity contribution >= 4 is 33.3 Å². The third-order valence-corrected chi connectivity index (χ3v) is 6.01. The molecule has 0 saturated carbocycles. The number of piperidine rings is 2. The molecule has 0 unspecified atom stereocenters. The van der Waals surface area contributed by atoms with Crippen molar-refractivity contribution in [2.75, 3.05) is 31.1 Å². The van der Waals surface area contributed by atoms with Crippen LogP contribution in [0.15, 0.2) is 17.8 Å². The van der Waals surface area contributed by atoms with Crippen LogP contribution in [0.2, 0.25) is 0 Å². The Hall–Kier alpha value is -1.83. The third-order valence-electron chi connectivity index (χ3n) is 5.19. The molecular weight excluding hydrogens is 346 g/mol. The fraction of sp³-hybridized carbons (Fsp3) is 0.588. The molecule has 0 radical (unpaired) electrons. The highest BCUT2D eigenvalue weighted by Gasteiger charge is 2.38. The van der Waals surface area contributed by atoms with Crippen molar-refractivity contribution in [1.29, 1.82) is 0 Å². The summed E-state index contributed by atoms with van der Waals surface area (Å²) in [5, 5.41) is 3.06. The van der Waals surface area contributed by atoms with Crippen molar-refractivity contribution in [3.8, 4) is 0 Å². The highest BCUT2D eigenvalue weighted by molar-refractivity contribution is 7.16. The summed E-state index contributed by atoms with van der Waals surface area (Å²) in [6, 6.07) is 2.03. The van der Waals surface area contributed by atoms with E-state index in [0.29, 0.717) is 0 Å². The standard InChI is InChI=1S/C17H20F2N4OS/c18-17(19)4-8-23(9-5-17)16(24)12-1-6-22(7-2-12)14-13-3-10-25-15(13)21-11-20-14/h3,10-12H,1-2,4-9H2. The fourth-order valence-corrected chi connectivity index (χ4v) is 4.41. The largest absolute Gasteiger partial charge is 0.356 e. The molecule has 8 heteroatoms. The van der Waals surface area contributed by atoms with Crippen LogP contribution in [-0.4, -0.2) is 52.9 Å². The van der Waals surface area contributed by atoms with Crippen molar-refractivity contribution in [3.63, 3.8) is 0 Å². The van der Waals surface area contributed by atoms with Gasteiger partial charge < -0.3 is 9.80 Å². The van der Waals surface area contributed by atoms with E-state index in [1.165, 1.54) is 0 Å². The molecule has 0 aliphatic carbocycles. The molecule has 0 spiro atoms. The monoisotopic (exact) mass is 366 g/mol. The second-order valence-electron chi connectivity index (χ2n) is 6.78. The summed E-state index contributed by atoms with van der Waals surface area (Å²) in [6.45, 7) is 1.85. The minimum absolute atomic E-state index is 0.0403. The van der Waals surface area contributed by atoms with E-state index in [1.54, 1.807) is 22.6 Å². The van der Waals surface area contributed by atoms with Gasteiger partial charge in [-0.2, -0.15) is 0 Å². The molecule has 0 atom stereocenters. The second-order valence-corrected chi connectivity index (χ2v) is 7.67. The van der Waals surface area contributed by atoms with Gasteiger partial charge in [-0.15, -0.1) is 11.3 Å². The van der Waals surface area contributed by atoms with Gasteiger partial charge in [0.1, 0.15) is 17.0 Å². The number of amides is 1. The van der Waals surface area contributed by atoms with Gasteiger partial charge in [0.2, 0.25) is 5.91 Å². The van der Waals surface area contributed by atoms with Crippen LogP contribution in [0.5, 0.6) is 0 Å². The zero-order chi connectivity index (χ0) is 17.4. The summed E-state index contributed by atoms with van der Waals surface area (Å²) in [4.78, 5) is 26.1. The second kappa shape index (κ2) is 6.48. The van der Waals surface area contributed by atoms with E-state index in [9.17, 15) is 13.6 Å². The molecule has 25 heavy (non-hydrogen) atoms. The van der Waals surface area contributed by atoms with E-state index in [-0.39, 0.29) is 37.8 Å². The predicted molar refractivity (Wildman–Crippen MR) is 93.1 cm³/mol. The number of nitrogens with zero attached hydrogens (tertiary/aromatic N) is 4. The van der Waals surface area contributed by atoms with Crippen molar-refractivity contribution in [2.24, 2.45) is 5.92 Å². The first-order valence-electron chi connectivity index (χ1n) is 8.63. The Morgan fingerprint density at radius 2 is 1.88 bits per heavy atom. The topological polar surface area (TPSA) is 49.3 Å². The van der Waals surface area contributed by atoms with Crippen LogP contribution in [-0.2, 0) is 4.79 Å². The number of fused-ring (bicyclic) bond motifs is 1. The Balaban J connectivity index is 1.38. The number of hydrogen-bond donors (Lipinski definition) is 0. The molecular formula is C17H20F2N4OS. The molecule has 0 N–H and O–H groups in total. The van der Waals surface area contributed by atoms with Crippen LogP contribution in [0.25, 0.3) is 10.2 Å². The number of carbonyl (C=O) groups excluding carboxylic acids is 1.